The van der Waals surface area contributed by atoms with Crippen molar-refractivity contribution in [2.24, 2.45) is 0 Å². The van der Waals surface area contributed by atoms with Gasteiger partial charge in [0.2, 0.25) is 0 Å². The molecule has 0 nitrogen and oxygen atoms in total. The third-order valence-electron chi connectivity index (χ3n) is 6.02. The number of hydrogen-bond donors (Lipinski definition) is 0. The minimum absolute atomic E-state index is 0.228. The third-order valence-corrected chi connectivity index (χ3v) is 6.02. The zero-order valence-corrected chi connectivity index (χ0v) is 19.5. The van der Waals surface area contributed by atoms with E-state index in [-0.39, 0.29) is 11.8 Å². The number of benzene rings is 2. The molecule has 0 aliphatic heterocycles. The Bertz CT molecular complexity index is 982. The molecule has 0 saturated heterocycles. The summed E-state index contributed by atoms with van der Waals surface area (Å²) in [6.07, 6.45) is 14.0. The van der Waals surface area contributed by atoms with Gasteiger partial charge in [-0.1, -0.05) is 132 Å². The highest BCUT2D eigenvalue weighted by Gasteiger charge is 2.17. The summed E-state index contributed by atoms with van der Waals surface area (Å²) in [6.45, 7) is 21.0. The molecule has 0 saturated carbocycles. The first-order valence-corrected chi connectivity index (χ1v) is 11.1. The SMILES string of the molecule is C=C/C=C(\C=C)C(C)c1cc(C(C)C(=C)/C=C\C=C/C)cc(C(C)c2ccccc2)c1. The summed E-state index contributed by atoms with van der Waals surface area (Å²) in [7, 11) is 0. The smallest absolute Gasteiger partial charge is 0.00612 e. The van der Waals surface area contributed by atoms with Crippen LogP contribution in [-0.2, 0) is 0 Å². The largest absolute Gasteiger partial charge is 0.0991 e. The maximum atomic E-state index is 4.33. The number of hydrogen-bond acceptors (Lipinski definition) is 0. The second-order valence-electron chi connectivity index (χ2n) is 8.08. The second-order valence-corrected chi connectivity index (χ2v) is 8.08. The number of rotatable bonds is 10. The van der Waals surface area contributed by atoms with E-state index in [0.717, 1.165) is 5.57 Å². The fourth-order valence-corrected chi connectivity index (χ4v) is 3.75. The van der Waals surface area contributed by atoms with E-state index in [4.69, 9.17) is 0 Å². The Balaban J connectivity index is 2.56. The zero-order valence-electron chi connectivity index (χ0n) is 19.5. The van der Waals surface area contributed by atoms with Crippen LogP contribution in [-0.4, -0.2) is 0 Å². The van der Waals surface area contributed by atoms with Crippen LogP contribution in [0.1, 0.15) is 67.7 Å². The summed E-state index contributed by atoms with van der Waals surface area (Å²) < 4.78 is 0. The van der Waals surface area contributed by atoms with E-state index in [0.29, 0.717) is 5.92 Å². The van der Waals surface area contributed by atoms with Crippen LogP contribution >= 0.6 is 0 Å². The van der Waals surface area contributed by atoms with Crippen LogP contribution in [0.4, 0.5) is 0 Å². The maximum Gasteiger partial charge on any atom is 0.00612 e. The molecule has 3 atom stereocenters. The van der Waals surface area contributed by atoms with Crippen LogP contribution in [0, 0.1) is 0 Å². The van der Waals surface area contributed by atoms with Gasteiger partial charge in [-0.2, -0.15) is 0 Å². The van der Waals surface area contributed by atoms with Gasteiger partial charge in [0.1, 0.15) is 0 Å². The molecule has 0 bridgehead atoms. The average molecular weight is 409 g/mol. The molecule has 0 spiro atoms. The van der Waals surface area contributed by atoms with Crippen LogP contribution in [0.25, 0.3) is 0 Å². The maximum absolute atomic E-state index is 4.33. The molecule has 0 heteroatoms. The van der Waals surface area contributed by atoms with Gasteiger partial charge < -0.3 is 0 Å². The van der Waals surface area contributed by atoms with Crippen molar-refractivity contribution in [2.75, 3.05) is 0 Å². The van der Waals surface area contributed by atoms with Crippen LogP contribution in [0.15, 0.2) is 122 Å². The van der Waals surface area contributed by atoms with E-state index in [9.17, 15) is 0 Å². The van der Waals surface area contributed by atoms with Crippen molar-refractivity contribution in [2.45, 2.75) is 45.4 Å². The third kappa shape index (κ3) is 6.43. The molecule has 3 unspecified atom stereocenters. The van der Waals surface area contributed by atoms with Gasteiger partial charge in [-0.3, -0.25) is 0 Å². The van der Waals surface area contributed by atoms with E-state index >= 15 is 0 Å². The Morgan fingerprint density at radius 3 is 2.00 bits per heavy atom. The lowest BCUT2D eigenvalue weighted by molar-refractivity contribution is 0.856. The fourth-order valence-electron chi connectivity index (χ4n) is 3.75. The van der Waals surface area contributed by atoms with E-state index in [2.05, 4.69) is 101 Å². The zero-order chi connectivity index (χ0) is 22.8. The standard InChI is InChI=1S/C31H36/c1-8-11-13-17-23(4)24(5)29-20-30(25(6)27(10-3)16-9-2)22-31(21-29)26(7)28-18-14-12-15-19-28/h8-22,24-26H,2-4H2,1,5-7H3/b11-8-,17-13-,27-16+. The van der Waals surface area contributed by atoms with E-state index in [1.165, 1.54) is 27.8 Å². The van der Waals surface area contributed by atoms with Gasteiger partial charge in [-0.25, -0.2) is 0 Å². The van der Waals surface area contributed by atoms with Gasteiger partial charge in [0.05, 0.1) is 0 Å². The molecule has 2 aromatic rings. The van der Waals surface area contributed by atoms with Crippen LogP contribution < -0.4 is 0 Å². The normalized spacial score (nSPS) is 15.0. The van der Waals surface area contributed by atoms with Gasteiger partial charge in [0, 0.05) is 17.8 Å². The van der Waals surface area contributed by atoms with Crippen molar-refractivity contribution in [1.29, 1.82) is 0 Å². The summed E-state index contributed by atoms with van der Waals surface area (Å²) in [5.41, 5.74) is 7.50. The van der Waals surface area contributed by atoms with E-state index < -0.39 is 0 Å². The molecule has 0 aromatic heterocycles. The van der Waals surface area contributed by atoms with Crippen LogP contribution in [0.2, 0.25) is 0 Å². The predicted octanol–water partition coefficient (Wildman–Crippen LogP) is 9.03. The first kappa shape index (κ1) is 24.2. The minimum Gasteiger partial charge on any atom is -0.0991 e. The summed E-state index contributed by atoms with van der Waals surface area (Å²) in [5.74, 6) is 0.767. The molecule has 0 amide bonds. The lowest BCUT2D eigenvalue weighted by Gasteiger charge is -2.22. The first-order valence-electron chi connectivity index (χ1n) is 11.1. The summed E-state index contributed by atoms with van der Waals surface area (Å²) >= 11 is 0. The summed E-state index contributed by atoms with van der Waals surface area (Å²) in [6, 6.07) is 17.7. The topological polar surface area (TPSA) is 0 Å². The molecule has 0 N–H and O–H groups in total. The predicted molar refractivity (Wildman–Crippen MR) is 139 cm³/mol. The van der Waals surface area contributed by atoms with Crippen molar-refractivity contribution in [3.05, 3.63) is 144 Å². The molecule has 0 aliphatic rings. The minimum atomic E-state index is 0.228. The Kier molecular flexibility index (Phi) is 9.28. The van der Waals surface area contributed by atoms with Crippen molar-refractivity contribution in [3.8, 4) is 0 Å². The Labute approximate surface area is 189 Å². The molecular weight excluding hydrogens is 372 g/mol. The second kappa shape index (κ2) is 11.9. The lowest BCUT2D eigenvalue weighted by Crippen LogP contribution is -2.05. The highest BCUT2D eigenvalue weighted by molar-refractivity contribution is 5.46. The highest BCUT2D eigenvalue weighted by atomic mass is 14.2. The van der Waals surface area contributed by atoms with Gasteiger partial charge in [-0.05, 0) is 40.3 Å². The molecule has 160 valence electrons. The first-order chi connectivity index (χ1) is 14.9. The molecular formula is C31H36. The summed E-state index contributed by atoms with van der Waals surface area (Å²) in [4.78, 5) is 0. The molecule has 31 heavy (non-hydrogen) atoms. The summed E-state index contributed by atoms with van der Waals surface area (Å²) in [5, 5.41) is 0. The number of allylic oxidation sites excluding steroid dienone is 9. The van der Waals surface area contributed by atoms with Gasteiger partial charge in [0.15, 0.2) is 0 Å². The Morgan fingerprint density at radius 1 is 0.806 bits per heavy atom. The average Bonchev–Trinajstić information content (AvgIpc) is 2.81. The lowest BCUT2D eigenvalue weighted by atomic mass is 9.82. The van der Waals surface area contributed by atoms with Crippen LogP contribution in [0.3, 0.4) is 0 Å². The monoisotopic (exact) mass is 408 g/mol. The molecule has 0 radical (unpaired) electrons. The Morgan fingerprint density at radius 2 is 1.42 bits per heavy atom. The van der Waals surface area contributed by atoms with Gasteiger partial charge in [-0.15, -0.1) is 0 Å². The molecule has 2 rings (SSSR count). The molecule has 2 aromatic carbocycles. The van der Waals surface area contributed by atoms with Crippen molar-refractivity contribution in [3.63, 3.8) is 0 Å². The fraction of sp³-hybridized carbons (Fsp3) is 0.226. The van der Waals surface area contributed by atoms with Crippen molar-refractivity contribution >= 4 is 0 Å². The van der Waals surface area contributed by atoms with Crippen LogP contribution in [0.5, 0.6) is 0 Å². The Hall–Kier alpha value is -3.12. The van der Waals surface area contributed by atoms with E-state index in [1.54, 1.807) is 0 Å². The molecule has 0 heterocycles. The van der Waals surface area contributed by atoms with Gasteiger partial charge in [0.25, 0.3) is 0 Å². The van der Waals surface area contributed by atoms with Gasteiger partial charge >= 0.3 is 0 Å². The molecule has 0 aliphatic carbocycles. The van der Waals surface area contributed by atoms with Crippen molar-refractivity contribution in [1.82, 2.24) is 0 Å². The molecule has 0 fully saturated rings. The quantitative estimate of drug-likeness (QED) is 0.344. The van der Waals surface area contributed by atoms with E-state index in [1.807, 2.05) is 37.3 Å². The highest BCUT2D eigenvalue weighted by Crippen LogP contribution is 2.35. The van der Waals surface area contributed by atoms with Crippen molar-refractivity contribution < 1.29 is 0 Å².